The minimum Gasteiger partial charge on any atom is -0.490 e. The predicted molar refractivity (Wildman–Crippen MR) is 143 cm³/mol. The van der Waals surface area contributed by atoms with Crippen molar-refractivity contribution < 1.29 is 19.0 Å². The number of rotatable bonds is 7. The maximum atomic E-state index is 12.6. The lowest BCUT2D eigenvalue weighted by Gasteiger charge is -2.14. The molecule has 4 aromatic carbocycles. The van der Waals surface area contributed by atoms with Crippen LogP contribution in [0.2, 0.25) is 10.0 Å². The van der Waals surface area contributed by atoms with E-state index in [0.29, 0.717) is 33.7 Å². The third kappa shape index (κ3) is 5.23. The topological polar surface area (TPSA) is 57.1 Å². The summed E-state index contributed by atoms with van der Waals surface area (Å²) in [6, 6.07) is 24.6. The molecule has 1 heterocycles. The van der Waals surface area contributed by atoms with Gasteiger partial charge < -0.3 is 14.2 Å². The fourth-order valence-corrected chi connectivity index (χ4v) is 4.36. The molecule has 1 aliphatic rings. The Morgan fingerprint density at radius 3 is 2.56 bits per heavy atom. The lowest BCUT2D eigenvalue weighted by atomic mass is 10.1. The van der Waals surface area contributed by atoms with Crippen LogP contribution in [-0.4, -0.2) is 18.5 Å². The summed E-state index contributed by atoms with van der Waals surface area (Å²) in [5.41, 5.74) is 2.43. The number of aliphatic imine (C=N–C) groups is 1. The second-order valence-electron chi connectivity index (χ2n) is 8.08. The Morgan fingerprint density at radius 1 is 0.917 bits per heavy atom. The van der Waals surface area contributed by atoms with E-state index in [1.807, 2.05) is 67.6 Å². The Kier molecular flexibility index (Phi) is 6.94. The van der Waals surface area contributed by atoms with Gasteiger partial charge >= 0.3 is 5.97 Å². The van der Waals surface area contributed by atoms with E-state index in [1.54, 1.807) is 24.3 Å². The van der Waals surface area contributed by atoms with Gasteiger partial charge in [-0.15, -0.1) is 0 Å². The van der Waals surface area contributed by atoms with Gasteiger partial charge in [0.05, 0.1) is 11.6 Å². The van der Waals surface area contributed by atoms with Crippen LogP contribution in [-0.2, 0) is 16.1 Å². The predicted octanol–water partition coefficient (Wildman–Crippen LogP) is 7.47. The van der Waals surface area contributed by atoms with Gasteiger partial charge in [-0.2, -0.15) is 0 Å². The van der Waals surface area contributed by atoms with Crippen LogP contribution in [0.25, 0.3) is 16.8 Å². The second kappa shape index (κ2) is 10.4. The van der Waals surface area contributed by atoms with Gasteiger partial charge in [-0.25, -0.2) is 9.79 Å². The zero-order chi connectivity index (χ0) is 25.1. The molecule has 0 bridgehead atoms. The average Bonchev–Trinajstić information content (AvgIpc) is 3.23. The van der Waals surface area contributed by atoms with Crippen molar-refractivity contribution in [3.05, 3.63) is 111 Å². The maximum Gasteiger partial charge on any atom is 0.363 e. The summed E-state index contributed by atoms with van der Waals surface area (Å²) in [7, 11) is 0. The fraction of sp³-hybridized carbons (Fsp3) is 0.103. The van der Waals surface area contributed by atoms with Crippen LogP contribution < -0.4 is 9.47 Å². The summed E-state index contributed by atoms with van der Waals surface area (Å²) >= 11 is 12.6. The Bertz CT molecular complexity index is 1530. The Labute approximate surface area is 218 Å². The highest BCUT2D eigenvalue weighted by Gasteiger charge is 2.25. The third-order valence-electron chi connectivity index (χ3n) is 5.52. The summed E-state index contributed by atoms with van der Waals surface area (Å²) in [5.74, 6) is 0.599. The highest BCUT2D eigenvalue weighted by Crippen LogP contribution is 2.38. The maximum absolute atomic E-state index is 12.6. The summed E-state index contributed by atoms with van der Waals surface area (Å²) in [6.07, 6.45) is 1.62. The van der Waals surface area contributed by atoms with Gasteiger partial charge in [0.25, 0.3) is 0 Å². The number of carbonyl (C=O) groups excluding carboxylic acids is 1. The van der Waals surface area contributed by atoms with Gasteiger partial charge in [0.2, 0.25) is 5.90 Å². The van der Waals surface area contributed by atoms with E-state index in [9.17, 15) is 4.79 Å². The van der Waals surface area contributed by atoms with Crippen molar-refractivity contribution in [3.8, 4) is 11.5 Å². The van der Waals surface area contributed by atoms with E-state index >= 15 is 0 Å². The molecule has 0 N–H and O–H groups in total. The van der Waals surface area contributed by atoms with Crippen LogP contribution in [0.4, 0.5) is 0 Å². The molecule has 36 heavy (non-hydrogen) atoms. The summed E-state index contributed by atoms with van der Waals surface area (Å²) in [6.45, 7) is 2.55. The fourth-order valence-electron chi connectivity index (χ4n) is 3.87. The first-order valence-electron chi connectivity index (χ1n) is 11.4. The first-order valence-corrected chi connectivity index (χ1v) is 12.1. The molecule has 0 fully saturated rings. The van der Waals surface area contributed by atoms with E-state index in [4.69, 9.17) is 37.4 Å². The van der Waals surface area contributed by atoms with Gasteiger partial charge in [0.15, 0.2) is 17.2 Å². The molecule has 0 aliphatic carbocycles. The van der Waals surface area contributed by atoms with Crippen molar-refractivity contribution in [1.29, 1.82) is 0 Å². The van der Waals surface area contributed by atoms with Crippen LogP contribution >= 0.6 is 23.2 Å². The zero-order valence-electron chi connectivity index (χ0n) is 19.3. The number of esters is 1. The second-order valence-corrected chi connectivity index (χ2v) is 8.92. The highest BCUT2D eigenvalue weighted by atomic mass is 35.5. The number of nitrogens with zero attached hydrogens (tertiary/aromatic N) is 1. The smallest absolute Gasteiger partial charge is 0.363 e. The quantitative estimate of drug-likeness (QED) is 0.188. The van der Waals surface area contributed by atoms with Crippen LogP contribution in [0.15, 0.2) is 89.6 Å². The molecule has 0 saturated carbocycles. The van der Waals surface area contributed by atoms with E-state index in [0.717, 1.165) is 21.9 Å². The lowest BCUT2D eigenvalue weighted by molar-refractivity contribution is -0.129. The molecule has 0 spiro atoms. The number of hydrogen-bond donors (Lipinski definition) is 0. The van der Waals surface area contributed by atoms with Crippen LogP contribution in [0, 0.1) is 0 Å². The first kappa shape index (κ1) is 23.9. The molecule has 0 atom stereocenters. The van der Waals surface area contributed by atoms with Gasteiger partial charge in [-0.05, 0) is 71.3 Å². The van der Waals surface area contributed by atoms with Crippen molar-refractivity contribution in [2.45, 2.75) is 13.5 Å². The number of cyclic esters (lactones) is 1. The van der Waals surface area contributed by atoms with E-state index < -0.39 is 5.97 Å². The van der Waals surface area contributed by atoms with Crippen molar-refractivity contribution >= 4 is 51.9 Å². The molecule has 0 aromatic heterocycles. The minimum absolute atomic E-state index is 0.171. The summed E-state index contributed by atoms with van der Waals surface area (Å²) < 4.78 is 17.2. The van der Waals surface area contributed by atoms with Crippen molar-refractivity contribution in [2.75, 3.05) is 6.61 Å². The van der Waals surface area contributed by atoms with Gasteiger partial charge in [0.1, 0.15) is 6.61 Å². The number of benzene rings is 4. The highest BCUT2D eigenvalue weighted by molar-refractivity contribution is 6.32. The van der Waals surface area contributed by atoms with Crippen molar-refractivity contribution in [3.63, 3.8) is 0 Å². The van der Waals surface area contributed by atoms with Crippen LogP contribution in [0.5, 0.6) is 11.5 Å². The molecule has 0 radical (unpaired) electrons. The molecule has 0 unspecified atom stereocenters. The normalized spacial score (nSPS) is 14.1. The zero-order valence-corrected chi connectivity index (χ0v) is 20.8. The van der Waals surface area contributed by atoms with Gasteiger partial charge in [-0.3, -0.25) is 0 Å². The third-order valence-corrected chi connectivity index (χ3v) is 6.04. The summed E-state index contributed by atoms with van der Waals surface area (Å²) in [4.78, 5) is 17.0. The largest absolute Gasteiger partial charge is 0.490 e. The standard InChI is InChI=1S/C29H21Cl2NO4/c1-2-34-26-15-19(13-24(31)27(26)35-17-18-6-5-9-23(30)12-18)14-25-29(33)36-28(32-25)22-11-10-20-7-3-4-8-21(20)16-22/h3-16H,2,17H2,1H3/b25-14-. The van der Waals surface area contributed by atoms with E-state index in [1.165, 1.54) is 0 Å². The Morgan fingerprint density at radius 2 is 1.75 bits per heavy atom. The molecule has 0 saturated heterocycles. The molecule has 5 nitrogen and oxygen atoms in total. The van der Waals surface area contributed by atoms with E-state index in [-0.39, 0.29) is 18.2 Å². The Hall–Kier alpha value is -3.80. The van der Waals surface area contributed by atoms with Gasteiger partial charge in [-0.1, -0.05) is 65.7 Å². The van der Waals surface area contributed by atoms with Gasteiger partial charge in [0, 0.05) is 10.6 Å². The number of halogens is 2. The van der Waals surface area contributed by atoms with Crippen LogP contribution in [0.3, 0.4) is 0 Å². The molecule has 7 heteroatoms. The van der Waals surface area contributed by atoms with Crippen LogP contribution in [0.1, 0.15) is 23.6 Å². The molecule has 0 amide bonds. The summed E-state index contributed by atoms with van der Waals surface area (Å²) in [5, 5.41) is 3.10. The molecular formula is C29H21Cl2NO4. The first-order chi connectivity index (χ1) is 17.5. The number of ether oxygens (including phenoxy) is 3. The molecule has 180 valence electrons. The Balaban J connectivity index is 1.42. The van der Waals surface area contributed by atoms with Crippen molar-refractivity contribution in [1.82, 2.24) is 0 Å². The molecule has 5 rings (SSSR count). The monoisotopic (exact) mass is 517 g/mol. The number of hydrogen-bond acceptors (Lipinski definition) is 5. The molecule has 1 aliphatic heterocycles. The van der Waals surface area contributed by atoms with E-state index in [2.05, 4.69) is 4.99 Å². The SMILES string of the molecule is CCOc1cc(/C=C2\N=C(c3ccc4ccccc4c3)OC2=O)cc(Cl)c1OCc1cccc(Cl)c1. The van der Waals surface area contributed by atoms with Crippen molar-refractivity contribution in [2.24, 2.45) is 4.99 Å². The molecular weight excluding hydrogens is 497 g/mol. The number of carbonyl (C=O) groups is 1. The number of fused-ring (bicyclic) bond motifs is 1. The molecule has 4 aromatic rings. The minimum atomic E-state index is -0.534. The average molecular weight is 518 g/mol. The lowest BCUT2D eigenvalue weighted by Crippen LogP contribution is -2.05.